The molecular weight excluding hydrogens is 336 g/mol. The molecule has 3 N–H and O–H groups in total. The number of carbonyl (C=O) groups excluding carboxylic acids is 1. The molecule has 1 aromatic heterocycles. The van der Waals surface area contributed by atoms with E-state index in [-0.39, 0.29) is 17.9 Å². The number of anilines is 2. The second kappa shape index (κ2) is 8.37. The van der Waals surface area contributed by atoms with Crippen molar-refractivity contribution in [3.63, 3.8) is 0 Å². The Bertz CT molecular complexity index is 914. The zero-order chi connectivity index (χ0) is 19.3. The van der Waals surface area contributed by atoms with E-state index in [2.05, 4.69) is 5.32 Å². The van der Waals surface area contributed by atoms with Gasteiger partial charge in [-0.15, -0.1) is 0 Å². The normalized spacial score (nSPS) is 10.6. The highest BCUT2D eigenvalue weighted by Crippen LogP contribution is 2.23. The van der Waals surface area contributed by atoms with Gasteiger partial charge in [0.05, 0.1) is 18.8 Å². The Morgan fingerprint density at radius 2 is 1.92 bits per heavy atom. The second-order valence-electron chi connectivity index (χ2n) is 5.76. The predicted octanol–water partition coefficient (Wildman–Crippen LogP) is 1.23. The van der Waals surface area contributed by atoms with Gasteiger partial charge in [-0.05, 0) is 25.5 Å². The van der Waals surface area contributed by atoms with Crippen molar-refractivity contribution in [2.45, 2.75) is 26.8 Å². The van der Waals surface area contributed by atoms with Crippen molar-refractivity contribution in [3.8, 4) is 5.75 Å². The Morgan fingerprint density at radius 3 is 2.58 bits per heavy atom. The fraction of sp³-hybridized carbons (Fsp3) is 0.389. The van der Waals surface area contributed by atoms with E-state index in [1.54, 1.807) is 12.1 Å². The maximum atomic E-state index is 12.6. The molecule has 26 heavy (non-hydrogen) atoms. The van der Waals surface area contributed by atoms with Crippen LogP contribution in [-0.4, -0.2) is 28.1 Å². The summed E-state index contributed by atoms with van der Waals surface area (Å²) >= 11 is 0. The smallest absolute Gasteiger partial charge is 0.332 e. The van der Waals surface area contributed by atoms with Crippen LogP contribution in [0.5, 0.6) is 5.75 Å². The summed E-state index contributed by atoms with van der Waals surface area (Å²) in [6.45, 7) is 4.42. The fourth-order valence-corrected chi connectivity index (χ4v) is 2.64. The molecule has 0 atom stereocenters. The van der Waals surface area contributed by atoms with Crippen LogP contribution in [0.15, 0.2) is 33.9 Å². The minimum absolute atomic E-state index is 0.0927. The lowest BCUT2D eigenvalue weighted by Gasteiger charge is -2.15. The molecule has 0 fully saturated rings. The highest BCUT2D eigenvalue weighted by molar-refractivity contribution is 6.02. The highest BCUT2D eigenvalue weighted by atomic mass is 16.5. The number of aromatic nitrogens is 2. The Balaban J connectivity index is 2.34. The van der Waals surface area contributed by atoms with Crippen LogP contribution < -0.4 is 27.0 Å². The lowest BCUT2D eigenvalue weighted by Crippen LogP contribution is -2.43. The summed E-state index contributed by atoms with van der Waals surface area (Å²) in [5.41, 5.74) is 5.21. The summed E-state index contributed by atoms with van der Waals surface area (Å²) in [6, 6.07) is 7.19. The van der Waals surface area contributed by atoms with Crippen LogP contribution in [0.1, 0.15) is 30.6 Å². The Hall–Kier alpha value is -3.03. The number of Topliss-reactive ketones (excluding diaryl/α,β-unsaturated/α-hetero) is 1. The summed E-state index contributed by atoms with van der Waals surface area (Å²) in [4.78, 5) is 37.2. The van der Waals surface area contributed by atoms with E-state index >= 15 is 0 Å². The van der Waals surface area contributed by atoms with E-state index in [0.29, 0.717) is 31.0 Å². The summed E-state index contributed by atoms with van der Waals surface area (Å²) in [7, 11) is 1.34. The number of rotatable bonds is 8. The van der Waals surface area contributed by atoms with Crippen molar-refractivity contribution in [3.05, 3.63) is 50.7 Å². The van der Waals surface area contributed by atoms with Gasteiger partial charge in [-0.1, -0.05) is 19.1 Å². The van der Waals surface area contributed by atoms with Gasteiger partial charge >= 0.3 is 5.69 Å². The van der Waals surface area contributed by atoms with E-state index in [0.717, 1.165) is 4.57 Å². The zero-order valence-corrected chi connectivity index (χ0v) is 15.2. The number of hydrogen-bond acceptors (Lipinski definition) is 6. The summed E-state index contributed by atoms with van der Waals surface area (Å²) in [6.07, 6.45) is 0.649. The maximum absolute atomic E-state index is 12.6. The molecule has 1 heterocycles. The third-order valence-electron chi connectivity index (χ3n) is 3.94. The van der Waals surface area contributed by atoms with Crippen LogP contribution in [0.2, 0.25) is 0 Å². The van der Waals surface area contributed by atoms with Crippen molar-refractivity contribution < 1.29 is 9.53 Å². The SMILES string of the molecule is CCCn1c(N)c(C(=O)CNc2ccccc2OCC)c(=O)n(C)c1=O. The number of hydrogen-bond donors (Lipinski definition) is 2. The third-order valence-corrected chi connectivity index (χ3v) is 3.94. The first-order chi connectivity index (χ1) is 12.4. The van der Waals surface area contributed by atoms with Crippen LogP contribution in [0.25, 0.3) is 0 Å². The number of nitrogens with two attached hydrogens (primary N) is 1. The van der Waals surface area contributed by atoms with Gasteiger partial charge in [-0.2, -0.15) is 0 Å². The molecule has 0 unspecified atom stereocenters. The number of benzene rings is 1. The molecule has 0 bridgehead atoms. The topological polar surface area (TPSA) is 108 Å². The predicted molar refractivity (Wildman–Crippen MR) is 101 cm³/mol. The molecule has 0 saturated carbocycles. The largest absolute Gasteiger partial charge is 0.492 e. The van der Waals surface area contributed by atoms with Gasteiger partial charge in [-0.3, -0.25) is 18.7 Å². The lowest BCUT2D eigenvalue weighted by molar-refractivity contribution is 0.100. The first kappa shape index (κ1) is 19.3. The molecular formula is C18H24N4O4. The first-order valence-electron chi connectivity index (χ1n) is 8.50. The molecule has 0 saturated heterocycles. The van der Waals surface area contributed by atoms with E-state index in [1.807, 2.05) is 26.0 Å². The number of para-hydroxylation sites is 2. The molecule has 2 rings (SSSR count). The van der Waals surface area contributed by atoms with Crippen molar-refractivity contribution in [2.24, 2.45) is 7.05 Å². The van der Waals surface area contributed by atoms with Gasteiger partial charge in [0.1, 0.15) is 17.1 Å². The average Bonchev–Trinajstić information content (AvgIpc) is 2.63. The van der Waals surface area contributed by atoms with E-state index < -0.39 is 17.0 Å². The standard InChI is InChI=1S/C18H24N4O4/c1-4-10-22-16(19)15(17(24)21(3)18(22)25)13(23)11-20-12-8-6-7-9-14(12)26-5-2/h6-9,20H,4-5,10-11,19H2,1-3H3. The van der Waals surface area contributed by atoms with Crippen LogP contribution in [0.3, 0.4) is 0 Å². The average molecular weight is 360 g/mol. The minimum atomic E-state index is -0.690. The van der Waals surface area contributed by atoms with E-state index in [9.17, 15) is 14.4 Å². The number of nitrogen functional groups attached to an aromatic ring is 1. The first-order valence-corrected chi connectivity index (χ1v) is 8.50. The van der Waals surface area contributed by atoms with Crippen molar-refractivity contribution in [2.75, 3.05) is 24.2 Å². The van der Waals surface area contributed by atoms with E-state index in [1.165, 1.54) is 11.6 Å². The Labute approximate surface area is 151 Å². The molecule has 0 aliphatic rings. The Kier molecular flexibility index (Phi) is 6.21. The Morgan fingerprint density at radius 1 is 1.23 bits per heavy atom. The number of carbonyl (C=O) groups is 1. The highest BCUT2D eigenvalue weighted by Gasteiger charge is 2.21. The summed E-state index contributed by atoms with van der Waals surface area (Å²) in [5.74, 6) is 0.0312. The number of nitrogens with zero attached hydrogens (tertiary/aromatic N) is 2. The van der Waals surface area contributed by atoms with E-state index in [4.69, 9.17) is 10.5 Å². The molecule has 0 aliphatic carbocycles. The second-order valence-corrected chi connectivity index (χ2v) is 5.76. The van der Waals surface area contributed by atoms with Gasteiger partial charge in [0.15, 0.2) is 5.78 Å². The number of ketones is 1. The lowest BCUT2D eigenvalue weighted by atomic mass is 10.1. The van der Waals surface area contributed by atoms with Crippen molar-refractivity contribution in [1.29, 1.82) is 0 Å². The summed E-state index contributed by atoms with van der Waals surface area (Å²) in [5, 5.41) is 2.97. The molecule has 140 valence electrons. The molecule has 0 amide bonds. The monoisotopic (exact) mass is 360 g/mol. The fourth-order valence-electron chi connectivity index (χ4n) is 2.64. The third kappa shape index (κ3) is 3.79. The molecule has 0 spiro atoms. The van der Waals surface area contributed by atoms with Crippen LogP contribution in [0, 0.1) is 0 Å². The maximum Gasteiger partial charge on any atom is 0.332 e. The van der Waals surface area contributed by atoms with Crippen molar-refractivity contribution >= 4 is 17.3 Å². The quantitative estimate of drug-likeness (QED) is 0.686. The molecule has 0 radical (unpaired) electrons. The van der Waals surface area contributed by atoms with Gasteiger partial charge in [0.25, 0.3) is 5.56 Å². The molecule has 8 heteroatoms. The van der Waals surface area contributed by atoms with Crippen LogP contribution in [0.4, 0.5) is 11.5 Å². The molecule has 0 aliphatic heterocycles. The molecule has 2 aromatic rings. The molecule has 1 aromatic carbocycles. The van der Waals surface area contributed by atoms with Gasteiger partial charge in [0.2, 0.25) is 0 Å². The van der Waals surface area contributed by atoms with Gasteiger partial charge in [0, 0.05) is 13.6 Å². The van der Waals surface area contributed by atoms with Gasteiger partial charge in [-0.25, -0.2) is 4.79 Å². The molecule has 8 nitrogen and oxygen atoms in total. The number of nitrogens with one attached hydrogen (secondary N) is 1. The van der Waals surface area contributed by atoms with Crippen LogP contribution >= 0.6 is 0 Å². The summed E-state index contributed by atoms with van der Waals surface area (Å²) < 4.78 is 7.66. The number of ether oxygens (including phenoxy) is 1. The van der Waals surface area contributed by atoms with Crippen LogP contribution in [-0.2, 0) is 13.6 Å². The zero-order valence-electron chi connectivity index (χ0n) is 15.2. The minimum Gasteiger partial charge on any atom is -0.492 e. The van der Waals surface area contributed by atoms with Crippen molar-refractivity contribution in [1.82, 2.24) is 9.13 Å². The van der Waals surface area contributed by atoms with Gasteiger partial charge < -0.3 is 15.8 Å².